The van der Waals surface area contributed by atoms with E-state index < -0.39 is 5.97 Å². The first-order chi connectivity index (χ1) is 50.1. The van der Waals surface area contributed by atoms with Gasteiger partial charge in [-0.15, -0.1) is 24.8 Å². The van der Waals surface area contributed by atoms with E-state index in [4.69, 9.17) is 45.3 Å². The van der Waals surface area contributed by atoms with Crippen LogP contribution in [0.25, 0.3) is 0 Å². The fourth-order valence-corrected chi connectivity index (χ4v) is 5.94. The first-order valence-corrected chi connectivity index (χ1v) is 36.7. The number of rotatable bonds is 21. The second-order valence-corrected chi connectivity index (χ2v) is 19.2. The van der Waals surface area contributed by atoms with Gasteiger partial charge in [-0.05, 0) is 110 Å². The first-order valence-electron chi connectivity index (χ1n) is 36.7. The summed E-state index contributed by atoms with van der Waals surface area (Å²) in [6, 6.07) is 19.1. The van der Waals surface area contributed by atoms with E-state index in [-0.39, 0.29) is 347 Å². The first kappa shape index (κ1) is 343. The normalized spacial score (nSPS) is 8.68. The van der Waals surface area contributed by atoms with Crippen molar-refractivity contribution < 1.29 is 103 Å². The van der Waals surface area contributed by atoms with Crippen LogP contribution in [0.15, 0.2) is 98.1 Å². The van der Waals surface area contributed by atoms with Gasteiger partial charge < -0.3 is 52.7 Å². The number of likely N-dealkylation sites (N-methyl/N-ethyl adjacent to an activating group) is 1. The van der Waals surface area contributed by atoms with E-state index in [1.165, 1.54) is 71.4 Å². The third-order valence-corrected chi connectivity index (χ3v) is 10.8. The second kappa shape index (κ2) is 313. The van der Waals surface area contributed by atoms with Gasteiger partial charge in [0.2, 0.25) is 0 Å². The van der Waals surface area contributed by atoms with E-state index in [0.717, 1.165) is 64.5 Å². The molecule has 20 nitrogen and oxygen atoms in total. The fraction of sp³-hybridized carbons (Fsp3) is 0.715. The number of aldehydes is 1. The molecular weight excluding hydrogens is 1980 g/mol. The molecule has 144 heavy (non-hydrogen) atoms. The Hall–Kier alpha value is -7.62. The summed E-state index contributed by atoms with van der Waals surface area (Å²) < 4.78 is 33.4. The summed E-state index contributed by atoms with van der Waals surface area (Å²) in [6.07, 6.45) is 26.7. The number of epoxide rings is 1. The topological polar surface area (TPSA) is 287 Å². The third kappa shape index (κ3) is 299. The summed E-state index contributed by atoms with van der Waals surface area (Å²) in [4.78, 5) is 84.1. The molecular formula is C123H296N3O17W-. The molecule has 0 aromatic heterocycles. The molecule has 4 aliphatic rings. The molecule has 2 aromatic carbocycles. The van der Waals surface area contributed by atoms with Crippen LogP contribution >= 0.6 is 0 Å². The number of benzene rings is 2. The number of carboxylic acid groups (broad SMARTS) is 1. The van der Waals surface area contributed by atoms with Crippen molar-refractivity contribution in [3.63, 3.8) is 0 Å². The Kier molecular flexibility index (Phi) is 745. The molecule has 2 aliphatic heterocycles. The van der Waals surface area contributed by atoms with Gasteiger partial charge in [0.25, 0.3) is 11.8 Å². The van der Waals surface area contributed by atoms with E-state index in [1.807, 2.05) is 82.2 Å². The van der Waals surface area contributed by atoms with Crippen LogP contribution in [0.1, 0.15) is 547 Å². The van der Waals surface area contributed by atoms with Crippen LogP contribution in [0.3, 0.4) is 0 Å². The van der Waals surface area contributed by atoms with Crippen LogP contribution in [0.4, 0.5) is 0 Å². The van der Waals surface area contributed by atoms with Gasteiger partial charge in [-0.25, -0.2) is 9.59 Å². The van der Waals surface area contributed by atoms with Crippen molar-refractivity contribution in [2.45, 2.75) is 537 Å². The quantitative estimate of drug-likeness (QED) is 0.0112. The van der Waals surface area contributed by atoms with Gasteiger partial charge in [-0.2, -0.15) is 17.6 Å². The third-order valence-electron chi connectivity index (χ3n) is 10.8. The summed E-state index contributed by atoms with van der Waals surface area (Å²) in [5, 5.41) is 15.7. The predicted molar refractivity (Wildman–Crippen MR) is 689 cm³/mol. The summed E-state index contributed by atoms with van der Waals surface area (Å²) in [7, 11) is 0. The summed E-state index contributed by atoms with van der Waals surface area (Å²) in [5.74, 6) is 18.1. The number of ether oxygens (including phenoxy) is 7. The Balaban J connectivity index is -0.0000000131. The molecule has 2 unspecified atom stereocenters. The average molecular weight is 2270 g/mol. The number of carboxylic acids is 1. The molecule has 0 saturated carbocycles. The van der Waals surface area contributed by atoms with E-state index in [0.29, 0.717) is 96.1 Å². The van der Waals surface area contributed by atoms with E-state index in [2.05, 4.69) is 139 Å². The standard InChI is InChI=1S/C18H16.C8H12.C6H7NO2.C6H10O2.C5H9NO.C5H10O2.C5H8O2.C5H10O.C5H8O.C3H7NO2.C3H6O2.C3H6O.C3H5O.C3H8.3C2H6.39CH4.W/c1-2-14-13-17-9-4-3-7-15(17)11-12-16-8-5-6-10-18(14)16;1-2-4-6-8-7-5-3-1;1-2-7-5(8)3-4-6(7)9;1-4-8-6(7)5(2)3;1-2-7-5-3-4-6;1-2-6-3-5-4-7-5;1-3-5(6)7-4-2;2*1-3-5-6-4-2;1-2-3(5)6-4;1-2-3(4)5;2*1-2-3-4;1-3-2;3*1-2;;;;;;;;;;;;;;;;;;;;;;;;;;;;;;;;;;;;;;;;/h3-10,14H,2,13H2,1H3;1-6H2;3-4H,2H2,1H3;2,4H2,1,3H3;2-3,5H2,1H3;5H,2-4H2,1H3;3H,1,4H2,2H3;3H,1,4-5H2,2H3;1H,4-5H2,2H3;2,4H2,1H3;2H2,1H3,(H,4,5);3H,2H2,1H3;2H2,1H3;3H2,1-2H3;3*1-2H3;39*1H4;/q;;;;;;;;;;;;-1;;;;;;;;;;;;;;;;;;;;;;;;;;;;;;;;;;;;;;;;;;;;. The number of aliphatic carboxylic acids is 1. The number of nitrogens with two attached hydrogens (primary N) is 1. The van der Waals surface area contributed by atoms with Crippen molar-refractivity contribution in [3.05, 3.63) is 120 Å². The van der Waals surface area contributed by atoms with Crippen LogP contribution in [-0.2, 0) is 104 Å². The van der Waals surface area contributed by atoms with Gasteiger partial charge in [-0.3, -0.25) is 30.4 Å². The van der Waals surface area contributed by atoms with Gasteiger partial charge in [-0.1, -0.05) is 472 Å². The largest absolute Gasteiger partial charge is 0.542 e. The number of nitrogens with zero attached hydrogens (tertiary/aromatic N) is 2. The van der Waals surface area contributed by atoms with Crippen molar-refractivity contribution in [1.29, 1.82) is 5.26 Å². The molecule has 0 spiro atoms. The van der Waals surface area contributed by atoms with Crippen molar-refractivity contribution in [2.24, 2.45) is 5.90 Å². The minimum Gasteiger partial charge on any atom is -0.542 e. The molecule has 2 aliphatic carbocycles. The van der Waals surface area contributed by atoms with E-state index in [1.54, 1.807) is 60.8 Å². The minimum absolute atomic E-state index is 0. The average Bonchev–Trinajstić information content (AvgIpc) is 1.68. The van der Waals surface area contributed by atoms with Crippen LogP contribution in [0.2, 0.25) is 0 Å². The van der Waals surface area contributed by atoms with Crippen LogP contribution < -0.4 is 5.90 Å². The zero-order valence-electron chi connectivity index (χ0n) is 68.6. The molecule has 912 valence electrons. The molecule has 0 radical (unpaired) electrons. The van der Waals surface area contributed by atoms with Gasteiger partial charge in [0.05, 0.1) is 52.1 Å². The summed E-state index contributed by atoms with van der Waals surface area (Å²) in [5.41, 5.74) is 5.62. The van der Waals surface area contributed by atoms with Crippen LogP contribution in [0, 0.1) is 47.4 Å². The molecule has 2 amide bonds. The zero-order chi connectivity index (χ0) is 82.3. The number of amides is 2. The summed E-state index contributed by atoms with van der Waals surface area (Å²) in [6.45, 7) is 57.8. The monoisotopic (exact) mass is 2270 g/mol. The maximum absolute atomic E-state index is 10.6. The molecule has 2 atom stereocenters. The van der Waals surface area contributed by atoms with Crippen molar-refractivity contribution >= 4 is 48.3 Å². The van der Waals surface area contributed by atoms with Gasteiger partial charge in [0.15, 0.2) is 0 Å². The van der Waals surface area contributed by atoms with Crippen molar-refractivity contribution in [3.8, 4) is 42.1 Å². The zero-order valence-corrected chi connectivity index (χ0v) is 71.5. The summed E-state index contributed by atoms with van der Waals surface area (Å²) >= 11 is 0. The maximum Gasteiger partial charge on any atom is 0.333 e. The molecule has 1 saturated heterocycles. The Labute approximate surface area is 939 Å². The van der Waals surface area contributed by atoms with E-state index in [9.17, 15) is 33.6 Å². The number of carbonyl (C=O) groups is 7. The van der Waals surface area contributed by atoms with Crippen molar-refractivity contribution in [2.75, 3.05) is 79.2 Å². The Morgan fingerprint density at radius 3 is 1.09 bits per heavy atom. The number of nitriles is 1. The molecule has 6 rings (SSSR count). The molecule has 3 N–H and O–H groups in total. The predicted octanol–water partition coefficient (Wildman–Crippen LogP) is 42.2. The Bertz CT molecular complexity index is 2550. The second-order valence-electron chi connectivity index (χ2n) is 19.2. The van der Waals surface area contributed by atoms with Gasteiger partial charge >= 0.3 is 23.9 Å². The fourth-order valence-electron chi connectivity index (χ4n) is 5.94. The molecule has 2 aromatic rings. The molecule has 1 fully saturated rings. The SMILES string of the molecule is C.C.C.C.C.C.C.C.C.C.C.C.C.C.C.C.C.C.C.C.C.C.C.C.C.C.C.C.C.C.C.C.C.C.C.C.C.C.C.C#CCOCC.C1#CCCCCCC1.C=C(C)C(=O)OCC.C=CC(=O)OCC.C=CCOCC.CC.CC.CC.CCC.CCC(=O)O.CCC(=O)ON.CCC1Cc2ccccc2C#Cc2ccccc21.CCC=O.CCN1C(=O)C=CC1=O.CCOCC1CO1.CCOCCC#N.CC[C-]=O.[W]. The van der Waals surface area contributed by atoms with E-state index >= 15 is 0 Å². The number of carbonyl (C=O) groups excluding carboxylic acids is 7. The van der Waals surface area contributed by atoms with Crippen LogP contribution in [-0.4, -0.2) is 144 Å². The Morgan fingerprint density at radius 2 is 0.875 bits per heavy atom. The number of terminal acetylenes is 1. The molecule has 2 heterocycles. The number of imide groups is 1. The van der Waals surface area contributed by atoms with Crippen LogP contribution in [0.5, 0.6) is 0 Å². The number of hydrogen-bond donors (Lipinski definition) is 2. The van der Waals surface area contributed by atoms with Gasteiger partial charge in [0.1, 0.15) is 19.0 Å². The number of esters is 2. The van der Waals surface area contributed by atoms with Gasteiger partial charge in [0, 0.05) is 121 Å². The number of hydrogen-bond acceptors (Lipinski definition) is 18. The minimum atomic E-state index is -0.745. The maximum atomic E-state index is 10.6. The smallest absolute Gasteiger partial charge is 0.333 e. The Morgan fingerprint density at radius 1 is 0.542 bits per heavy atom. The molecule has 0 bridgehead atoms. The number of fused-ring (bicyclic) bond motifs is 2. The van der Waals surface area contributed by atoms with Crippen molar-refractivity contribution in [1.82, 2.24) is 4.90 Å². The molecule has 21 heteroatoms.